The Kier molecular flexibility index (Phi) is 6.45. The fourth-order valence-corrected chi connectivity index (χ4v) is 3.00. The Bertz CT molecular complexity index is 756. The molecular weight excluding hydrogens is 356 g/mol. The van der Waals surface area contributed by atoms with Gasteiger partial charge in [-0.15, -0.1) is 11.8 Å². The van der Waals surface area contributed by atoms with E-state index in [4.69, 9.17) is 16.3 Å². The number of anilines is 1. The van der Waals surface area contributed by atoms with E-state index in [0.717, 1.165) is 17.7 Å². The van der Waals surface area contributed by atoms with Crippen LogP contribution in [-0.4, -0.2) is 18.8 Å². The Morgan fingerprint density at radius 1 is 1.25 bits per heavy atom. The van der Waals surface area contributed by atoms with Crippen molar-refractivity contribution in [2.24, 2.45) is 0 Å². The number of carbonyl (C=O) groups excluding carboxylic acids is 1. The number of methoxy groups -OCH3 is 1. The van der Waals surface area contributed by atoms with Gasteiger partial charge in [0.2, 0.25) is 5.91 Å². The Labute approximate surface area is 148 Å². The van der Waals surface area contributed by atoms with Crippen molar-refractivity contribution in [1.29, 1.82) is 0 Å². The van der Waals surface area contributed by atoms with Crippen molar-refractivity contribution >= 4 is 35.0 Å². The predicted octanol–water partition coefficient (Wildman–Crippen LogP) is 5.06. The van der Waals surface area contributed by atoms with Gasteiger partial charge in [0.1, 0.15) is 5.75 Å². The minimum Gasteiger partial charge on any atom is -0.495 e. The lowest BCUT2D eigenvalue weighted by Crippen LogP contribution is -2.13. The van der Waals surface area contributed by atoms with Gasteiger partial charge in [-0.1, -0.05) is 11.6 Å². The molecule has 2 aromatic rings. The number of thioether (sulfide) groups is 1. The second kappa shape index (κ2) is 8.35. The minimum absolute atomic E-state index is 0.204. The fourth-order valence-electron chi connectivity index (χ4n) is 1.97. The highest BCUT2D eigenvalue weighted by Gasteiger charge is 2.11. The zero-order valence-corrected chi connectivity index (χ0v) is 14.7. The lowest BCUT2D eigenvalue weighted by Gasteiger charge is -2.12. The molecule has 0 fully saturated rings. The van der Waals surface area contributed by atoms with Crippen molar-refractivity contribution in [3.63, 3.8) is 0 Å². The standard InChI is InChI=1S/C17H16ClF2NO2S/c1-10-7-15(16(23-2)9-12(10)18)21-17(22)5-6-24-11-3-4-13(19)14(20)8-11/h3-4,7-9H,5-6H2,1-2H3,(H,21,22). The number of amides is 1. The third-order valence-electron chi connectivity index (χ3n) is 3.24. The van der Waals surface area contributed by atoms with Gasteiger partial charge in [0.05, 0.1) is 12.8 Å². The minimum atomic E-state index is -0.897. The van der Waals surface area contributed by atoms with Crippen molar-refractivity contribution in [3.8, 4) is 5.75 Å². The molecule has 0 saturated heterocycles. The van der Waals surface area contributed by atoms with Crippen molar-refractivity contribution in [1.82, 2.24) is 0 Å². The third kappa shape index (κ3) is 4.85. The highest BCUT2D eigenvalue weighted by molar-refractivity contribution is 7.99. The molecule has 0 aliphatic carbocycles. The van der Waals surface area contributed by atoms with Gasteiger partial charge in [-0.2, -0.15) is 0 Å². The zero-order chi connectivity index (χ0) is 17.7. The fraction of sp³-hybridized carbons (Fsp3) is 0.235. The van der Waals surface area contributed by atoms with Crippen LogP contribution < -0.4 is 10.1 Å². The first-order chi connectivity index (χ1) is 11.4. The van der Waals surface area contributed by atoms with E-state index in [-0.39, 0.29) is 12.3 Å². The maximum absolute atomic E-state index is 13.1. The topological polar surface area (TPSA) is 38.3 Å². The van der Waals surface area contributed by atoms with E-state index in [2.05, 4.69) is 5.32 Å². The summed E-state index contributed by atoms with van der Waals surface area (Å²) in [5.74, 6) is -1.07. The average Bonchev–Trinajstić information content (AvgIpc) is 2.54. The SMILES string of the molecule is COc1cc(Cl)c(C)cc1NC(=O)CCSc1ccc(F)c(F)c1. The molecular formula is C17H16ClF2NO2S. The molecule has 1 N–H and O–H groups in total. The Hall–Kier alpha value is -1.79. The molecule has 2 rings (SSSR count). The number of nitrogens with one attached hydrogen (secondary N) is 1. The van der Waals surface area contributed by atoms with Crippen LogP contribution in [0.15, 0.2) is 35.2 Å². The second-order valence-corrected chi connectivity index (χ2v) is 6.60. The molecule has 0 radical (unpaired) electrons. The Morgan fingerprint density at radius 3 is 2.67 bits per heavy atom. The Balaban J connectivity index is 1.91. The molecule has 24 heavy (non-hydrogen) atoms. The van der Waals surface area contributed by atoms with Crippen LogP contribution in [0.1, 0.15) is 12.0 Å². The summed E-state index contributed by atoms with van der Waals surface area (Å²) < 4.78 is 31.2. The van der Waals surface area contributed by atoms with Crippen molar-refractivity contribution in [2.75, 3.05) is 18.2 Å². The van der Waals surface area contributed by atoms with Crippen molar-refractivity contribution < 1.29 is 18.3 Å². The van der Waals surface area contributed by atoms with Crippen LogP contribution >= 0.6 is 23.4 Å². The van der Waals surface area contributed by atoms with Crippen molar-refractivity contribution in [2.45, 2.75) is 18.2 Å². The maximum Gasteiger partial charge on any atom is 0.225 e. The number of halogens is 3. The summed E-state index contributed by atoms with van der Waals surface area (Å²) in [5, 5.41) is 3.32. The number of hydrogen-bond donors (Lipinski definition) is 1. The summed E-state index contributed by atoms with van der Waals surface area (Å²) in [5.41, 5.74) is 1.37. The first-order valence-electron chi connectivity index (χ1n) is 7.12. The first-order valence-corrected chi connectivity index (χ1v) is 8.49. The smallest absolute Gasteiger partial charge is 0.225 e. The van der Waals surface area contributed by atoms with Gasteiger partial charge in [-0.05, 0) is 36.8 Å². The summed E-state index contributed by atoms with van der Waals surface area (Å²) >= 11 is 7.30. The molecule has 0 heterocycles. The van der Waals surface area contributed by atoms with Crippen molar-refractivity contribution in [3.05, 3.63) is 52.6 Å². The van der Waals surface area contributed by atoms with Crippen LogP contribution in [-0.2, 0) is 4.79 Å². The van der Waals surface area contributed by atoms with E-state index in [0.29, 0.717) is 27.1 Å². The van der Waals surface area contributed by atoms with Gasteiger partial charge >= 0.3 is 0 Å². The molecule has 1 amide bonds. The van der Waals surface area contributed by atoms with E-state index < -0.39 is 11.6 Å². The van der Waals surface area contributed by atoms with Gasteiger partial charge in [0.15, 0.2) is 11.6 Å². The number of ether oxygens (including phenoxy) is 1. The van der Waals surface area contributed by atoms with Gasteiger partial charge in [0.25, 0.3) is 0 Å². The summed E-state index contributed by atoms with van der Waals surface area (Å²) in [6, 6.07) is 7.04. The predicted molar refractivity (Wildman–Crippen MR) is 93.1 cm³/mol. The van der Waals surface area contributed by atoms with Crippen LogP contribution in [0.4, 0.5) is 14.5 Å². The van der Waals surface area contributed by atoms with Crippen LogP contribution in [0, 0.1) is 18.6 Å². The van der Waals surface area contributed by atoms with E-state index in [1.807, 2.05) is 6.92 Å². The largest absolute Gasteiger partial charge is 0.495 e. The quantitative estimate of drug-likeness (QED) is 0.721. The van der Waals surface area contributed by atoms with Crippen LogP contribution in [0.3, 0.4) is 0 Å². The lowest BCUT2D eigenvalue weighted by atomic mass is 10.2. The molecule has 0 unspecified atom stereocenters. The molecule has 128 valence electrons. The van der Waals surface area contributed by atoms with E-state index in [1.165, 1.54) is 24.9 Å². The Morgan fingerprint density at radius 2 is 2.00 bits per heavy atom. The molecule has 7 heteroatoms. The number of hydrogen-bond acceptors (Lipinski definition) is 3. The van der Waals surface area contributed by atoms with Crippen LogP contribution in [0.2, 0.25) is 5.02 Å². The summed E-state index contributed by atoms with van der Waals surface area (Å²) in [6.07, 6.45) is 0.217. The average molecular weight is 372 g/mol. The monoisotopic (exact) mass is 371 g/mol. The summed E-state index contributed by atoms with van der Waals surface area (Å²) in [7, 11) is 1.50. The van der Waals surface area contributed by atoms with Gasteiger partial charge < -0.3 is 10.1 Å². The number of rotatable bonds is 6. The third-order valence-corrected chi connectivity index (χ3v) is 4.65. The zero-order valence-electron chi connectivity index (χ0n) is 13.2. The number of benzene rings is 2. The van der Waals surface area contributed by atoms with E-state index >= 15 is 0 Å². The summed E-state index contributed by atoms with van der Waals surface area (Å²) in [6.45, 7) is 1.83. The lowest BCUT2D eigenvalue weighted by molar-refractivity contribution is -0.115. The normalized spacial score (nSPS) is 10.5. The molecule has 0 spiro atoms. The van der Waals surface area contributed by atoms with Crippen LogP contribution in [0.25, 0.3) is 0 Å². The van der Waals surface area contributed by atoms with Gasteiger partial charge in [0, 0.05) is 28.2 Å². The van der Waals surface area contributed by atoms with E-state index in [1.54, 1.807) is 12.1 Å². The molecule has 0 atom stereocenters. The molecule has 2 aromatic carbocycles. The first kappa shape index (κ1) is 18.5. The molecule has 0 aromatic heterocycles. The number of aryl methyl sites for hydroxylation is 1. The second-order valence-electron chi connectivity index (χ2n) is 5.02. The summed E-state index contributed by atoms with van der Waals surface area (Å²) in [4.78, 5) is 12.6. The van der Waals surface area contributed by atoms with Crippen LogP contribution in [0.5, 0.6) is 5.75 Å². The molecule has 0 aliphatic heterocycles. The molecule has 0 saturated carbocycles. The highest BCUT2D eigenvalue weighted by Crippen LogP contribution is 2.31. The molecule has 3 nitrogen and oxygen atoms in total. The van der Waals surface area contributed by atoms with Gasteiger partial charge in [-0.3, -0.25) is 4.79 Å². The number of carbonyl (C=O) groups is 1. The highest BCUT2D eigenvalue weighted by atomic mass is 35.5. The van der Waals surface area contributed by atoms with E-state index in [9.17, 15) is 13.6 Å². The molecule has 0 aliphatic rings. The van der Waals surface area contributed by atoms with Gasteiger partial charge in [-0.25, -0.2) is 8.78 Å². The maximum atomic E-state index is 13.1. The molecule has 0 bridgehead atoms.